The number of nitrogens with one attached hydrogen (secondary N) is 1. The average Bonchev–Trinajstić information content (AvgIpc) is 2.70. The summed E-state index contributed by atoms with van der Waals surface area (Å²) in [5, 5.41) is 2.89. The molecule has 90 valence electrons. The number of imidazole rings is 1. The van der Waals surface area contributed by atoms with Crippen molar-refractivity contribution in [3.05, 3.63) is 18.7 Å². The zero-order valence-electron chi connectivity index (χ0n) is 9.89. The zero-order chi connectivity index (χ0) is 12.0. The second-order valence-corrected chi connectivity index (χ2v) is 4.06. The van der Waals surface area contributed by atoms with Crippen molar-refractivity contribution >= 4 is 5.91 Å². The Hall–Kier alpha value is -1.36. The number of amides is 1. The fourth-order valence-electron chi connectivity index (χ4n) is 1.55. The summed E-state index contributed by atoms with van der Waals surface area (Å²) in [5.74, 6) is -0.0746. The van der Waals surface area contributed by atoms with Crippen LogP contribution in [-0.2, 0) is 11.3 Å². The van der Waals surface area contributed by atoms with E-state index in [2.05, 4.69) is 10.3 Å². The average molecular weight is 224 g/mol. The van der Waals surface area contributed by atoms with Crippen LogP contribution in [0.15, 0.2) is 18.7 Å². The van der Waals surface area contributed by atoms with Gasteiger partial charge in [0.25, 0.3) is 0 Å². The molecule has 0 saturated heterocycles. The van der Waals surface area contributed by atoms with Crippen LogP contribution >= 0.6 is 0 Å². The maximum absolute atomic E-state index is 11.6. The van der Waals surface area contributed by atoms with E-state index in [1.54, 1.807) is 12.5 Å². The van der Waals surface area contributed by atoms with Crippen molar-refractivity contribution in [2.24, 2.45) is 5.73 Å². The highest BCUT2D eigenvalue weighted by Gasteiger charge is 2.14. The summed E-state index contributed by atoms with van der Waals surface area (Å²) in [6.07, 6.45) is 6.97. The molecule has 1 aromatic rings. The molecule has 1 heterocycles. The van der Waals surface area contributed by atoms with Crippen molar-refractivity contribution in [1.29, 1.82) is 0 Å². The molecule has 0 aromatic carbocycles. The minimum atomic E-state index is -0.393. The normalized spacial score (nSPS) is 14.4. The van der Waals surface area contributed by atoms with Crippen LogP contribution < -0.4 is 11.1 Å². The number of aromatic nitrogens is 2. The van der Waals surface area contributed by atoms with Crippen molar-refractivity contribution < 1.29 is 4.79 Å². The number of nitrogens with zero attached hydrogens (tertiary/aromatic N) is 2. The van der Waals surface area contributed by atoms with Gasteiger partial charge in [-0.2, -0.15) is 0 Å². The largest absolute Gasteiger partial charge is 0.351 e. The Morgan fingerprint density at radius 2 is 2.38 bits per heavy atom. The molecule has 0 fully saturated rings. The standard InChI is InChI=1S/C11H20N4O/c1-3-4-10(12)11(16)14-9(2)7-15-6-5-13-8-15/h5-6,8-10H,3-4,7,12H2,1-2H3,(H,14,16). The number of carbonyl (C=O) groups excluding carboxylic acids is 1. The molecular weight excluding hydrogens is 204 g/mol. The number of rotatable bonds is 6. The molecule has 0 aliphatic carbocycles. The van der Waals surface area contributed by atoms with E-state index in [0.717, 1.165) is 12.8 Å². The molecule has 3 N–H and O–H groups in total. The lowest BCUT2D eigenvalue weighted by molar-refractivity contribution is -0.123. The topological polar surface area (TPSA) is 72.9 Å². The third kappa shape index (κ3) is 4.02. The van der Waals surface area contributed by atoms with Crippen molar-refractivity contribution in [2.45, 2.75) is 45.3 Å². The quantitative estimate of drug-likeness (QED) is 0.739. The van der Waals surface area contributed by atoms with E-state index in [-0.39, 0.29) is 11.9 Å². The molecule has 16 heavy (non-hydrogen) atoms. The second-order valence-electron chi connectivity index (χ2n) is 4.06. The van der Waals surface area contributed by atoms with Gasteiger partial charge in [-0.25, -0.2) is 4.98 Å². The van der Waals surface area contributed by atoms with E-state index < -0.39 is 6.04 Å². The Balaban J connectivity index is 2.33. The van der Waals surface area contributed by atoms with Gasteiger partial charge in [0.2, 0.25) is 5.91 Å². The van der Waals surface area contributed by atoms with E-state index in [1.807, 2.05) is 24.6 Å². The molecule has 1 rings (SSSR count). The predicted octanol–water partition coefficient (Wildman–Crippen LogP) is 0.515. The molecule has 0 bridgehead atoms. The third-order valence-corrected chi connectivity index (χ3v) is 2.37. The predicted molar refractivity (Wildman–Crippen MR) is 62.7 cm³/mol. The van der Waals surface area contributed by atoms with Gasteiger partial charge in [-0.3, -0.25) is 4.79 Å². The lowest BCUT2D eigenvalue weighted by atomic mass is 10.1. The highest BCUT2D eigenvalue weighted by molar-refractivity contribution is 5.81. The van der Waals surface area contributed by atoms with Crippen LogP contribution in [0, 0.1) is 0 Å². The van der Waals surface area contributed by atoms with Crippen LogP contribution in [0.25, 0.3) is 0 Å². The van der Waals surface area contributed by atoms with Gasteiger partial charge >= 0.3 is 0 Å². The Morgan fingerprint density at radius 1 is 1.62 bits per heavy atom. The van der Waals surface area contributed by atoms with Crippen LogP contribution in [0.4, 0.5) is 0 Å². The lowest BCUT2D eigenvalue weighted by Gasteiger charge is -2.17. The van der Waals surface area contributed by atoms with Gasteiger partial charge in [0, 0.05) is 25.0 Å². The SMILES string of the molecule is CCCC(N)C(=O)NC(C)Cn1ccnc1. The van der Waals surface area contributed by atoms with Crippen LogP contribution in [-0.4, -0.2) is 27.5 Å². The molecule has 5 nitrogen and oxygen atoms in total. The maximum Gasteiger partial charge on any atom is 0.237 e. The van der Waals surface area contributed by atoms with E-state index >= 15 is 0 Å². The molecule has 5 heteroatoms. The van der Waals surface area contributed by atoms with Crippen molar-refractivity contribution in [3.8, 4) is 0 Å². The molecule has 1 aromatic heterocycles. The van der Waals surface area contributed by atoms with E-state index in [0.29, 0.717) is 6.54 Å². The van der Waals surface area contributed by atoms with Gasteiger partial charge < -0.3 is 15.6 Å². The van der Waals surface area contributed by atoms with Gasteiger partial charge in [0.05, 0.1) is 12.4 Å². The van der Waals surface area contributed by atoms with E-state index in [1.165, 1.54) is 0 Å². The van der Waals surface area contributed by atoms with Crippen LogP contribution in [0.2, 0.25) is 0 Å². The minimum Gasteiger partial charge on any atom is -0.351 e. The lowest BCUT2D eigenvalue weighted by Crippen LogP contribution is -2.45. The van der Waals surface area contributed by atoms with Crippen molar-refractivity contribution in [1.82, 2.24) is 14.9 Å². The summed E-state index contributed by atoms with van der Waals surface area (Å²) in [6, 6.07) is -0.333. The summed E-state index contributed by atoms with van der Waals surface area (Å²) in [4.78, 5) is 15.6. The first-order chi connectivity index (χ1) is 7.63. The fourth-order valence-corrected chi connectivity index (χ4v) is 1.55. The molecule has 0 aliphatic heterocycles. The molecular formula is C11H20N4O. The molecule has 0 spiro atoms. The summed E-state index contributed by atoms with van der Waals surface area (Å²) in [5.41, 5.74) is 5.72. The maximum atomic E-state index is 11.6. The van der Waals surface area contributed by atoms with Gasteiger partial charge in [0.15, 0.2) is 0 Å². The number of carbonyl (C=O) groups is 1. The smallest absolute Gasteiger partial charge is 0.237 e. The number of hydrogen-bond acceptors (Lipinski definition) is 3. The Kier molecular flexibility index (Phi) is 4.98. The van der Waals surface area contributed by atoms with E-state index in [9.17, 15) is 4.79 Å². The minimum absolute atomic E-state index is 0.0598. The van der Waals surface area contributed by atoms with Crippen LogP contribution in [0.1, 0.15) is 26.7 Å². The molecule has 2 unspecified atom stereocenters. The van der Waals surface area contributed by atoms with Gasteiger partial charge in [-0.05, 0) is 13.3 Å². The van der Waals surface area contributed by atoms with Crippen molar-refractivity contribution in [2.75, 3.05) is 0 Å². The second kappa shape index (κ2) is 6.27. The molecule has 0 saturated carbocycles. The molecule has 0 aliphatic rings. The number of nitrogens with two attached hydrogens (primary N) is 1. The highest BCUT2D eigenvalue weighted by atomic mass is 16.2. The first kappa shape index (κ1) is 12.7. The molecule has 1 amide bonds. The Bertz CT molecular complexity index is 310. The van der Waals surface area contributed by atoms with Crippen LogP contribution in [0.3, 0.4) is 0 Å². The first-order valence-corrected chi connectivity index (χ1v) is 5.65. The highest BCUT2D eigenvalue weighted by Crippen LogP contribution is 1.96. The number of hydrogen-bond donors (Lipinski definition) is 2. The van der Waals surface area contributed by atoms with Crippen molar-refractivity contribution in [3.63, 3.8) is 0 Å². The summed E-state index contributed by atoms with van der Waals surface area (Å²) in [6.45, 7) is 4.68. The third-order valence-electron chi connectivity index (χ3n) is 2.37. The first-order valence-electron chi connectivity index (χ1n) is 5.65. The van der Waals surface area contributed by atoms with Crippen LogP contribution in [0.5, 0.6) is 0 Å². The fraction of sp³-hybridized carbons (Fsp3) is 0.636. The monoisotopic (exact) mass is 224 g/mol. The Labute approximate surface area is 96.0 Å². The Morgan fingerprint density at radius 3 is 2.94 bits per heavy atom. The van der Waals surface area contributed by atoms with Gasteiger partial charge in [-0.15, -0.1) is 0 Å². The van der Waals surface area contributed by atoms with Gasteiger partial charge in [-0.1, -0.05) is 13.3 Å². The summed E-state index contributed by atoms with van der Waals surface area (Å²) >= 11 is 0. The summed E-state index contributed by atoms with van der Waals surface area (Å²) in [7, 11) is 0. The van der Waals surface area contributed by atoms with Gasteiger partial charge in [0.1, 0.15) is 0 Å². The van der Waals surface area contributed by atoms with E-state index in [4.69, 9.17) is 5.73 Å². The molecule has 0 radical (unpaired) electrons. The zero-order valence-corrected chi connectivity index (χ0v) is 9.89. The summed E-state index contributed by atoms with van der Waals surface area (Å²) < 4.78 is 1.93. The molecule has 2 atom stereocenters.